The Balaban J connectivity index is 0. The van der Waals surface area contributed by atoms with E-state index in [9.17, 15) is 0 Å². The van der Waals surface area contributed by atoms with Crippen molar-refractivity contribution in [2.45, 2.75) is 0 Å². The molecule has 0 aliphatic heterocycles. The predicted octanol–water partition coefficient (Wildman–Crippen LogP) is -0.158. The van der Waals surface area contributed by atoms with Crippen molar-refractivity contribution >= 4 is 45.9 Å². The Bertz CT molecular complexity index is 6.00. The molecule has 0 saturated heterocycles. The molecular formula is H4LiS2V. The Morgan fingerprint density at radius 1 is 0.750 bits per heavy atom. The Labute approximate surface area is 64.1 Å². The van der Waals surface area contributed by atoms with Gasteiger partial charge in [0, 0.05) is 37.4 Å². The van der Waals surface area contributed by atoms with Crippen molar-refractivity contribution < 1.29 is 18.6 Å². The topological polar surface area (TPSA) is 0 Å². The molecule has 0 spiro atoms. The second-order valence-corrected chi connectivity index (χ2v) is 0. The van der Waals surface area contributed by atoms with Gasteiger partial charge < -0.3 is 0 Å². The van der Waals surface area contributed by atoms with E-state index in [1.807, 2.05) is 0 Å². The summed E-state index contributed by atoms with van der Waals surface area (Å²) in [6.07, 6.45) is 0. The molecule has 2 radical (unpaired) electrons. The van der Waals surface area contributed by atoms with Crippen molar-refractivity contribution in [3.63, 3.8) is 0 Å². The van der Waals surface area contributed by atoms with E-state index < -0.39 is 0 Å². The summed E-state index contributed by atoms with van der Waals surface area (Å²) in [7, 11) is 0. The molecular weight excluding hydrogens is 122 g/mol. The van der Waals surface area contributed by atoms with Crippen LogP contribution in [0.2, 0.25) is 0 Å². The SMILES string of the molecule is S.S.[Li].[V]. The van der Waals surface area contributed by atoms with E-state index in [4.69, 9.17) is 0 Å². The zero-order valence-electron chi connectivity index (χ0n) is 2.45. The van der Waals surface area contributed by atoms with Gasteiger partial charge in [0.1, 0.15) is 0 Å². The van der Waals surface area contributed by atoms with Crippen molar-refractivity contribution in [1.82, 2.24) is 0 Å². The van der Waals surface area contributed by atoms with E-state index in [0.29, 0.717) is 0 Å². The van der Waals surface area contributed by atoms with E-state index in [0.717, 1.165) is 0 Å². The van der Waals surface area contributed by atoms with Crippen molar-refractivity contribution in [2.75, 3.05) is 0 Å². The first-order valence-electron chi connectivity index (χ1n) is 0. The molecule has 0 aliphatic rings. The van der Waals surface area contributed by atoms with Crippen molar-refractivity contribution in [3.05, 3.63) is 0 Å². The van der Waals surface area contributed by atoms with Gasteiger partial charge in [0.25, 0.3) is 0 Å². The van der Waals surface area contributed by atoms with Crippen LogP contribution in [0.5, 0.6) is 0 Å². The molecule has 0 fully saturated rings. The Morgan fingerprint density at radius 3 is 0.750 bits per heavy atom. The first-order chi connectivity index (χ1) is 0. The first kappa shape index (κ1) is 39.6. The summed E-state index contributed by atoms with van der Waals surface area (Å²) in [4.78, 5) is 0. The third-order valence-electron chi connectivity index (χ3n) is 0. The minimum Gasteiger partial charge on any atom is -0.197 e. The molecule has 4 heavy (non-hydrogen) atoms. The molecule has 0 saturated carbocycles. The summed E-state index contributed by atoms with van der Waals surface area (Å²) in [5.74, 6) is 0. The van der Waals surface area contributed by atoms with Crippen LogP contribution in [0.3, 0.4) is 0 Å². The molecule has 0 heterocycles. The van der Waals surface area contributed by atoms with E-state index in [-0.39, 0.29) is 64.4 Å². The Kier molecular flexibility index (Phi) is 206. The molecule has 0 atom stereocenters. The number of hydrogen-bond donors (Lipinski definition) is 0. The normalized spacial score (nSPS) is 0. The van der Waals surface area contributed by atoms with Crippen molar-refractivity contribution in [3.8, 4) is 0 Å². The smallest absolute Gasteiger partial charge is 0 e. The largest absolute Gasteiger partial charge is 0.197 e. The van der Waals surface area contributed by atoms with E-state index >= 15 is 0 Å². The van der Waals surface area contributed by atoms with Gasteiger partial charge in [0.2, 0.25) is 0 Å². The molecule has 0 amide bonds. The molecule has 0 unspecified atom stereocenters. The van der Waals surface area contributed by atoms with E-state index in [2.05, 4.69) is 0 Å². The molecule has 0 N–H and O–H groups in total. The summed E-state index contributed by atoms with van der Waals surface area (Å²) in [5, 5.41) is 0. The van der Waals surface area contributed by atoms with Crippen molar-refractivity contribution in [1.29, 1.82) is 0 Å². The summed E-state index contributed by atoms with van der Waals surface area (Å²) >= 11 is 0. The van der Waals surface area contributed by atoms with Crippen LogP contribution in [0, 0.1) is 0 Å². The second-order valence-electron chi connectivity index (χ2n) is 0. The molecule has 0 aliphatic carbocycles. The minimum atomic E-state index is 0. The molecule has 0 aromatic heterocycles. The average molecular weight is 126 g/mol. The van der Waals surface area contributed by atoms with Gasteiger partial charge in [-0.15, -0.1) is 0 Å². The maximum absolute atomic E-state index is 0. The zero-order chi connectivity index (χ0) is 0. The minimum absolute atomic E-state index is 0. The van der Waals surface area contributed by atoms with E-state index in [1.54, 1.807) is 0 Å². The third kappa shape index (κ3) is 9.10. The van der Waals surface area contributed by atoms with Gasteiger partial charge in [-0.3, -0.25) is 0 Å². The molecule has 22 valence electrons. The molecule has 0 nitrogen and oxygen atoms in total. The molecule has 0 rings (SSSR count). The van der Waals surface area contributed by atoms with Gasteiger partial charge in [-0.05, 0) is 0 Å². The second kappa shape index (κ2) is 20.8. The summed E-state index contributed by atoms with van der Waals surface area (Å²) in [5.41, 5.74) is 0. The molecule has 0 aromatic rings. The quantitative estimate of drug-likeness (QED) is 0.396. The molecule has 0 aromatic carbocycles. The van der Waals surface area contributed by atoms with Gasteiger partial charge in [0.05, 0.1) is 0 Å². The maximum Gasteiger partial charge on any atom is 0 e. The first-order valence-corrected chi connectivity index (χ1v) is 0. The van der Waals surface area contributed by atoms with Crippen LogP contribution in [0.4, 0.5) is 0 Å². The van der Waals surface area contributed by atoms with Gasteiger partial charge in [-0.1, -0.05) is 0 Å². The van der Waals surface area contributed by atoms with Gasteiger partial charge >= 0.3 is 0 Å². The zero-order valence-corrected chi connectivity index (χ0v) is 5.84. The molecule has 0 bridgehead atoms. The van der Waals surface area contributed by atoms with Crippen LogP contribution in [0.15, 0.2) is 0 Å². The van der Waals surface area contributed by atoms with Gasteiger partial charge in [0.15, 0.2) is 0 Å². The van der Waals surface area contributed by atoms with Crippen LogP contribution in [0.25, 0.3) is 0 Å². The van der Waals surface area contributed by atoms with E-state index in [1.165, 1.54) is 0 Å². The third-order valence-corrected chi connectivity index (χ3v) is 0. The predicted molar refractivity (Wildman–Crippen MR) is 26.5 cm³/mol. The summed E-state index contributed by atoms with van der Waals surface area (Å²) < 4.78 is 0. The van der Waals surface area contributed by atoms with Gasteiger partial charge in [-0.2, -0.15) is 27.0 Å². The summed E-state index contributed by atoms with van der Waals surface area (Å²) in [6.45, 7) is 0. The van der Waals surface area contributed by atoms with Crippen LogP contribution in [-0.2, 0) is 18.6 Å². The van der Waals surface area contributed by atoms with Crippen LogP contribution < -0.4 is 0 Å². The fourth-order valence-electron chi connectivity index (χ4n) is 0. The van der Waals surface area contributed by atoms with Gasteiger partial charge in [-0.25, -0.2) is 0 Å². The maximum atomic E-state index is 0. The van der Waals surface area contributed by atoms with Crippen molar-refractivity contribution in [2.24, 2.45) is 0 Å². The van der Waals surface area contributed by atoms with Crippen LogP contribution >= 0.6 is 27.0 Å². The monoisotopic (exact) mass is 126 g/mol. The van der Waals surface area contributed by atoms with Crippen LogP contribution in [0.1, 0.15) is 0 Å². The molecule has 4 heteroatoms. The van der Waals surface area contributed by atoms with Crippen LogP contribution in [-0.4, -0.2) is 18.9 Å². The Hall–Kier alpha value is 1.88. The number of rotatable bonds is 0. The fraction of sp³-hybridized carbons (Fsp3) is 0. The fourth-order valence-corrected chi connectivity index (χ4v) is 0. The average Bonchev–Trinajstić information content (AvgIpc) is 0. The Morgan fingerprint density at radius 2 is 0.750 bits per heavy atom. The summed E-state index contributed by atoms with van der Waals surface area (Å²) in [6, 6.07) is 0. The number of hydrogen-bond acceptors (Lipinski definition) is 0. The standard InChI is InChI=1S/Li.2H2S.V/h;2*1H2;.